The summed E-state index contributed by atoms with van der Waals surface area (Å²) in [7, 11) is 0. The van der Waals surface area contributed by atoms with E-state index >= 15 is 0 Å². The first-order valence-corrected chi connectivity index (χ1v) is 8.45. The van der Waals surface area contributed by atoms with Gasteiger partial charge in [-0.25, -0.2) is 0 Å². The Morgan fingerprint density at radius 1 is 1.05 bits per heavy atom. The molecular weight excluding hydrogens is 262 g/mol. The van der Waals surface area contributed by atoms with Crippen LogP contribution in [0.3, 0.4) is 0 Å². The molecule has 1 aliphatic heterocycles. The Hall–Kier alpha value is -1.22. The average molecular weight is 289 g/mol. The molecule has 1 atom stereocenters. The summed E-state index contributed by atoms with van der Waals surface area (Å²) in [6.45, 7) is 4.75. The van der Waals surface area contributed by atoms with Gasteiger partial charge in [0.25, 0.3) is 0 Å². The molecule has 1 N–H and O–H groups in total. The lowest BCUT2D eigenvalue weighted by Gasteiger charge is -2.28. The van der Waals surface area contributed by atoms with Crippen LogP contribution in [-0.2, 0) is 6.54 Å². The standard InChI is InChI=1S/C18H27NO2/c1-14(16-6-3-2-4-7-16)19-13-15-8-9-17-18(12-15)21-11-5-10-20-17/h8-9,12,14,16,19H,2-7,10-11,13H2,1H3. The highest BCUT2D eigenvalue weighted by molar-refractivity contribution is 5.43. The molecule has 1 aliphatic carbocycles. The normalized spacial score (nSPS) is 20.8. The first kappa shape index (κ1) is 14.7. The predicted octanol–water partition coefficient (Wildman–Crippen LogP) is 3.91. The number of hydrogen-bond donors (Lipinski definition) is 1. The molecule has 3 nitrogen and oxygen atoms in total. The molecule has 0 saturated heterocycles. The Balaban J connectivity index is 1.56. The first-order chi connectivity index (χ1) is 10.3. The first-order valence-electron chi connectivity index (χ1n) is 8.45. The number of nitrogens with one attached hydrogen (secondary N) is 1. The van der Waals surface area contributed by atoms with Gasteiger partial charge < -0.3 is 14.8 Å². The fourth-order valence-corrected chi connectivity index (χ4v) is 3.40. The zero-order valence-electron chi connectivity index (χ0n) is 13.1. The van der Waals surface area contributed by atoms with Gasteiger partial charge in [-0.2, -0.15) is 0 Å². The lowest BCUT2D eigenvalue weighted by molar-refractivity contribution is 0.280. The maximum atomic E-state index is 5.76. The van der Waals surface area contributed by atoms with Gasteiger partial charge in [-0.1, -0.05) is 25.3 Å². The van der Waals surface area contributed by atoms with E-state index in [9.17, 15) is 0 Å². The van der Waals surface area contributed by atoms with Gasteiger partial charge in [-0.05, 0) is 43.4 Å². The van der Waals surface area contributed by atoms with Crippen LogP contribution in [0.1, 0.15) is 51.0 Å². The zero-order valence-corrected chi connectivity index (χ0v) is 13.1. The van der Waals surface area contributed by atoms with Crippen LogP contribution in [0.25, 0.3) is 0 Å². The maximum absolute atomic E-state index is 5.76. The number of fused-ring (bicyclic) bond motifs is 1. The van der Waals surface area contributed by atoms with E-state index < -0.39 is 0 Å². The molecule has 1 aromatic rings. The number of rotatable bonds is 4. The number of ether oxygens (including phenoxy) is 2. The quantitative estimate of drug-likeness (QED) is 0.911. The predicted molar refractivity (Wildman–Crippen MR) is 84.9 cm³/mol. The van der Waals surface area contributed by atoms with Gasteiger partial charge in [0.15, 0.2) is 11.5 Å². The van der Waals surface area contributed by atoms with Crippen LogP contribution in [0.5, 0.6) is 11.5 Å². The molecule has 21 heavy (non-hydrogen) atoms. The summed E-state index contributed by atoms with van der Waals surface area (Å²) in [4.78, 5) is 0. The third kappa shape index (κ3) is 3.91. The molecule has 0 bridgehead atoms. The Morgan fingerprint density at radius 3 is 2.62 bits per heavy atom. The van der Waals surface area contributed by atoms with Crippen molar-refractivity contribution in [2.75, 3.05) is 13.2 Å². The van der Waals surface area contributed by atoms with Gasteiger partial charge in [0.2, 0.25) is 0 Å². The highest BCUT2D eigenvalue weighted by Gasteiger charge is 2.19. The Kier molecular flexibility index (Phi) is 5.02. The van der Waals surface area contributed by atoms with Gasteiger partial charge in [-0.15, -0.1) is 0 Å². The Labute approximate surface area is 128 Å². The Bertz CT molecular complexity index is 455. The highest BCUT2D eigenvalue weighted by Crippen LogP contribution is 2.31. The average Bonchev–Trinajstić information content (AvgIpc) is 2.78. The van der Waals surface area contributed by atoms with E-state index in [0.717, 1.165) is 43.6 Å². The van der Waals surface area contributed by atoms with Crippen LogP contribution in [0.15, 0.2) is 18.2 Å². The lowest BCUT2D eigenvalue weighted by Crippen LogP contribution is -2.34. The molecule has 1 unspecified atom stereocenters. The molecule has 0 radical (unpaired) electrons. The van der Waals surface area contributed by atoms with E-state index in [1.54, 1.807) is 0 Å². The van der Waals surface area contributed by atoms with E-state index in [1.807, 2.05) is 6.07 Å². The fraction of sp³-hybridized carbons (Fsp3) is 0.667. The van der Waals surface area contributed by atoms with Crippen LogP contribution in [0.4, 0.5) is 0 Å². The van der Waals surface area contributed by atoms with Crippen molar-refractivity contribution in [1.29, 1.82) is 0 Å². The van der Waals surface area contributed by atoms with Crippen molar-refractivity contribution in [1.82, 2.24) is 5.32 Å². The lowest BCUT2D eigenvalue weighted by atomic mass is 9.84. The zero-order chi connectivity index (χ0) is 14.5. The summed E-state index contributed by atoms with van der Waals surface area (Å²) >= 11 is 0. The Morgan fingerprint density at radius 2 is 1.81 bits per heavy atom. The molecule has 116 valence electrons. The molecule has 2 aliphatic rings. The van der Waals surface area contributed by atoms with Gasteiger partial charge in [0, 0.05) is 19.0 Å². The SMILES string of the molecule is CC(NCc1ccc2c(c1)OCCCO2)C1CCCCC1. The van der Waals surface area contributed by atoms with E-state index in [0.29, 0.717) is 6.04 Å². The van der Waals surface area contributed by atoms with Crippen molar-refractivity contribution in [2.45, 2.75) is 58.0 Å². The minimum atomic E-state index is 0.598. The van der Waals surface area contributed by atoms with Gasteiger partial charge in [0.05, 0.1) is 13.2 Å². The smallest absolute Gasteiger partial charge is 0.161 e. The summed E-state index contributed by atoms with van der Waals surface area (Å²) in [5.74, 6) is 2.63. The van der Waals surface area contributed by atoms with E-state index in [1.165, 1.54) is 37.7 Å². The maximum Gasteiger partial charge on any atom is 0.161 e. The highest BCUT2D eigenvalue weighted by atomic mass is 16.5. The molecule has 1 heterocycles. The van der Waals surface area contributed by atoms with E-state index in [4.69, 9.17) is 9.47 Å². The fourth-order valence-electron chi connectivity index (χ4n) is 3.40. The van der Waals surface area contributed by atoms with E-state index in [2.05, 4.69) is 24.4 Å². The summed E-state index contributed by atoms with van der Waals surface area (Å²) < 4.78 is 11.4. The molecule has 3 heteroatoms. The second kappa shape index (κ2) is 7.17. The van der Waals surface area contributed by atoms with Crippen molar-refractivity contribution in [2.24, 2.45) is 5.92 Å². The van der Waals surface area contributed by atoms with Crippen molar-refractivity contribution in [3.8, 4) is 11.5 Å². The van der Waals surface area contributed by atoms with Crippen LogP contribution in [-0.4, -0.2) is 19.3 Å². The van der Waals surface area contributed by atoms with Crippen LogP contribution >= 0.6 is 0 Å². The molecule has 1 aromatic carbocycles. The third-order valence-corrected chi connectivity index (χ3v) is 4.80. The second-order valence-electron chi connectivity index (χ2n) is 6.40. The molecule has 1 fully saturated rings. The van der Waals surface area contributed by atoms with Crippen molar-refractivity contribution in [3.63, 3.8) is 0 Å². The van der Waals surface area contributed by atoms with Crippen LogP contribution in [0.2, 0.25) is 0 Å². The molecule has 1 saturated carbocycles. The minimum absolute atomic E-state index is 0.598. The number of benzene rings is 1. The third-order valence-electron chi connectivity index (χ3n) is 4.80. The molecular formula is C18H27NO2. The van der Waals surface area contributed by atoms with Crippen LogP contribution < -0.4 is 14.8 Å². The molecule has 3 rings (SSSR count). The number of hydrogen-bond acceptors (Lipinski definition) is 3. The topological polar surface area (TPSA) is 30.5 Å². The summed E-state index contributed by atoms with van der Waals surface area (Å²) in [6.07, 6.45) is 7.96. The van der Waals surface area contributed by atoms with Gasteiger partial charge >= 0.3 is 0 Å². The van der Waals surface area contributed by atoms with Crippen LogP contribution in [0, 0.1) is 5.92 Å². The summed E-state index contributed by atoms with van der Waals surface area (Å²) in [5, 5.41) is 3.69. The van der Waals surface area contributed by atoms with Crippen molar-refractivity contribution < 1.29 is 9.47 Å². The molecule has 0 amide bonds. The summed E-state index contributed by atoms with van der Waals surface area (Å²) in [6, 6.07) is 6.92. The molecule has 0 spiro atoms. The molecule has 0 aromatic heterocycles. The monoisotopic (exact) mass is 289 g/mol. The summed E-state index contributed by atoms with van der Waals surface area (Å²) in [5.41, 5.74) is 1.28. The second-order valence-corrected chi connectivity index (χ2v) is 6.40. The van der Waals surface area contributed by atoms with Gasteiger partial charge in [-0.3, -0.25) is 0 Å². The van der Waals surface area contributed by atoms with Crippen molar-refractivity contribution in [3.05, 3.63) is 23.8 Å². The van der Waals surface area contributed by atoms with Gasteiger partial charge in [0.1, 0.15) is 0 Å². The minimum Gasteiger partial charge on any atom is -0.490 e. The van der Waals surface area contributed by atoms with Crippen molar-refractivity contribution >= 4 is 0 Å². The van der Waals surface area contributed by atoms with E-state index in [-0.39, 0.29) is 0 Å². The largest absolute Gasteiger partial charge is 0.490 e.